The fourth-order valence-electron chi connectivity index (χ4n) is 1.43. The van der Waals surface area contributed by atoms with Crippen molar-refractivity contribution in [3.63, 3.8) is 0 Å². The van der Waals surface area contributed by atoms with Gasteiger partial charge >= 0.3 is 0 Å². The third-order valence-corrected chi connectivity index (χ3v) is 3.38. The number of nitrogens with one attached hydrogen (secondary N) is 1. The number of hydrogen-bond donors (Lipinski definition) is 2. The van der Waals surface area contributed by atoms with Crippen LogP contribution in [-0.2, 0) is 0 Å². The van der Waals surface area contributed by atoms with Gasteiger partial charge in [0.05, 0.1) is 10.7 Å². The van der Waals surface area contributed by atoms with Crippen LogP contribution < -0.4 is 11.1 Å². The minimum Gasteiger partial charge on any atom is -0.399 e. The van der Waals surface area contributed by atoms with E-state index in [0.717, 1.165) is 3.57 Å². The molecule has 5 heteroatoms. The molecule has 0 saturated carbocycles. The number of rotatable bonds is 2. The summed E-state index contributed by atoms with van der Waals surface area (Å²) in [6.07, 6.45) is 0. The highest BCUT2D eigenvalue weighted by molar-refractivity contribution is 14.1. The molecule has 3 N–H and O–H groups in total. The van der Waals surface area contributed by atoms with E-state index >= 15 is 0 Å². The summed E-state index contributed by atoms with van der Waals surface area (Å²) in [7, 11) is 0. The first-order valence-corrected chi connectivity index (χ1v) is 6.64. The van der Waals surface area contributed by atoms with Gasteiger partial charge in [0, 0.05) is 14.8 Å². The molecule has 0 aliphatic rings. The first-order valence-electron chi connectivity index (χ1n) is 5.18. The second kappa shape index (κ2) is 5.58. The average Bonchev–Trinajstić information content (AvgIpc) is 2.33. The summed E-state index contributed by atoms with van der Waals surface area (Å²) in [6, 6.07) is 12.3. The Labute approximate surface area is 123 Å². The Morgan fingerprint density at radius 1 is 1.17 bits per heavy atom. The molecule has 2 aromatic carbocycles. The molecular formula is C13H10ClIN2O. The number of nitrogens with two attached hydrogens (primary N) is 1. The maximum absolute atomic E-state index is 12.0. The Morgan fingerprint density at radius 3 is 2.44 bits per heavy atom. The van der Waals surface area contributed by atoms with Crippen molar-refractivity contribution < 1.29 is 4.79 Å². The van der Waals surface area contributed by atoms with E-state index in [0.29, 0.717) is 22.0 Å². The molecule has 2 rings (SSSR count). The largest absolute Gasteiger partial charge is 0.399 e. The lowest BCUT2D eigenvalue weighted by atomic mass is 10.2. The molecule has 2 aromatic rings. The van der Waals surface area contributed by atoms with Crippen LogP contribution in [0.25, 0.3) is 0 Å². The van der Waals surface area contributed by atoms with Crippen molar-refractivity contribution in [1.29, 1.82) is 0 Å². The standard InChI is InChI=1S/C13H10ClIN2O/c14-11-7-10(16)5-6-12(11)17-13(18)8-1-3-9(15)4-2-8/h1-7H,16H2,(H,17,18). The number of carbonyl (C=O) groups excluding carboxylic acids is 1. The Bertz CT molecular complexity index is 584. The Kier molecular flexibility index (Phi) is 4.08. The molecule has 92 valence electrons. The number of halogens is 2. The zero-order valence-corrected chi connectivity index (χ0v) is 12.2. The molecule has 0 unspecified atom stereocenters. The number of anilines is 2. The SMILES string of the molecule is Nc1ccc(NC(=O)c2ccc(I)cc2)c(Cl)c1. The van der Waals surface area contributed by atoms with Crippen LogP contribution in [0.1, 0.15) is 10.4 Å². The van der Waals surface area contributed by atoms with E-state index < -0.39 is 0 Å². The van der Waals surface area contributed by atoms with Gasteiger partial charge < -0.3 is 11.1 Å². The Hall–Kier alpha value is -1.27. The molecule has 0 aliphatic heterocycles. The van der Waals surface area contributed by atoms with Crippen molar-refractivity contribution in [1.82, 2.24) is 0 Å². The highest BCUT2D eigenvalue weighted by Crippen LogP contribution is 2.24. The predicted octanol–water partition coefficient (Wildman–Crippen LogP) is 3.78. The van der Waals surface area contributed by atoms with Crippen molar-refractivity contribution in [2.45, 2.75) is 0 Å². The van der Waals surface area contributed by atoms with E-state index in [2.05, 4.69) is 27.9 Å². The summed E-state index contributed by atoms with van der Waals surface area (Å²) in [6.45, 7) is 0. The third kappa shape index (κ3) is 3.14. The van der Waals surface area contributed by atoms with Crippen LogP contribution in [0.2, 0.25) is 5.02 Å². The highest BCUT2D eigenvalue weighted by atomic mass is 127. The predicted molar refractivity (Wildman–Crippen MR) is 83.0 cm³/mol. The average molecular weight is 373 g/mol. The zero-order chi connectivity index (χ0) is 13.1. The second-order valence-electron chi connectivity index (χ2n) is 3.70. The summed E-state index contributed by atoms with van der Waals surface area (Å²) in [5.41, 5.74) is 7.29. The number of benzene rings is 2. The van der Waals surface area contributed by atoms with E-state index in [1.54, 1.807) is 30.3 Å². The van der Waals surface area contributed by atoms with E-state index in [9.17, 15) is 4.79 Å². The molecule has 0 aromatic heterocycles. The van der Waals surface area contributed by atoms with Crippen LogP contribution in [0.5, 0.6) is 0 Å². The summed E-state index contributed by atoms with van der Waals surface area (Å²) in [4.78, 5) is 12.0. The lowest BCUT2D eigenvalue weighted by Crippen LogP contribution is -2.12. The van der Waals surface area contributed by atoms with Crippen molar-refractivity contribution in [2.75, 3.05) is 11.1 Å². The maximum Gasteiger partial charge on any atom is 0.255 e. The normalized spacial score (nSPS) is 10.1. The van der Waals surface area contributed by atoms with Gasteiger partial charge in [-0.05, 0) is 65.1 Å². The lowest BCUT2D eigenvalue weighted by Gasteiger charge is -2.07. The number of hydrogen-bond acceptors (Lipinski definition) is 2. The fourth-order valence-corrected chi connectivity index (χ4v) is 2.02. The minimum absolute atomic E-state index is 0.196. The minimum atomic E-state index is -0.196. The second-order valence-corrected chi connectivity index (χ2v) is 5.35. The van der Waals surface area contributed by atoms with Gasteiger partial charge in [-0.3, -0.25) is 4.79 Å². The molecule has 0 spiro atoms. The Balaban J connectivity index is 2.18. The van der Waals surface area contributed by atoms with Crippen molar-refractivity contribution >= 4 is 51.5 Å². The van der Waals surface area contributed by atoms with Gasteiger partial charge in [-0.25, -0.2) is 0 Å². The van der Waals surface area contributed by atoms with Crippen molar-refractivity contribution in [2.24, 2.45) is 0 Å². The molecule has 0 bridgehead atoms. The number of nitrogen functional groups attached to an aromatic ring is 1. The molecule has 3 nitrogen and oxygen atoms in total. The number of carbonyl (C=O) groups is 1. The van der Waals surface area contributed by atoms with Gasteiger partial charge in [0.2, 0.25) is 0 Å². The van der Waals surface area contributed by atoms with E-state index in [4.69, 9.17) is 17.3 Å². The van der Waals surface area contributed by atoms with Gasteiger partial charge in [-0.2, -0.15) is 0 Å². The molecule has 0 radical (unpaired) electrons. The monoisotopic (exact) mass is 372 g/mol. The summed E-state index contributed by atoms with van der Waals surface area (Å²) < 4.78 is 1.08. The van der Waals surface area contributed by atoms with Gasteiger partial charge in [0.1, 0.15) is 0 Å². The third-order valence-electron chi connectivity index (χ3n) is 2.35. The van der Waals surface area contributed by atoms with Crippen LogP contribution in [0.3, 0.4) is 0 Å². The number of amides is 1. The molecule has 0 fully saturated rings. The van der Waals surface area contributed by atoms with Gasteiger partial charge in [0.25, 0.3) is 5.91 Å². The van der Waals surface area contributed by atoms with E-state index in [1.807, 2.05) is 12.1 Å². The highest BCUT2D eigenvalue weighted by Gasteiger charge is 2.08. The van der Waals surface area contributed by atoms with Crippen LogP contribution in [-0.4, -0.2) is 5.91 Å². The first-order chi connectivity index (χ1) is 8.56. The first kappa shape index (κ1) is 13.2. The Morgan fingerprint density at radius 2 is 1.83 bits per heavy atom. The van der Waals surface area contributed by atoms with Crippen LogP contribution in [0.4, 0.5) is 11.4 Å². The summed E-state index contributed by atoms with van der Waals surface area (Å²) in [5.74, 6) is -0.196. The van der Waals surface area contributed by atoms with Crippen LogP contribution in [0.15, 0.2) is 42.5 Å². The van der Waals surface area contributed by atoms with Gasteiger partial charge in [-0.15, -0.1) is 0 Å². The van der Waals surface area contributed by atoms with Gasteiger partial charge in [-0.1, -0.05) is 11.6 Å². The van der Waals surface area contributed by atoms with E-state index in [1.165, 1.54) is 0 Å². The molecule has 0 heterocycles. The smallest absolute Gasteiger partial charge is 0.255 e. The van der Waals surface area contributed by atoms with Gasteiger partial charge in [0.15, 0.2) is 0 Å². The summed E-state index contributed by atoms with van der Waals surface area (Å²) >= 11 is 8.18. The molecule has 1 amide bonds. The molecule has 0 saturated heterocycles. The maximum atomic E-state index is 12.0. The van der Waals surface area contributed by atoms with E-state index in [-0.39, 0.29) is 5.91 Å². The topological polar surface area (TPSA) is 55.1 Å². The molecule has 0 aliphatic carbocycles. The van der Waals surface area contributed by atoms with Crippen molar-refractivity contribution in [3.05, 3.63) is 56.6 Å². The van der Waals surface area contributed by atoms with Crippen LogP contribution in [0, 0.1) is 3.57 Å². The molecule has 18 heavy (non-hydrogen) atoms. The molecule has 0 atom stereocenters. The van der Waals surface area contributed by atoms with Crippen molar-refractivity contribution in [3.8, 4) is 0 Å². The summed E-state index contributed by atoms with van der Waals surface area (Å²) in [5, 5.41) is 3.17. The molecular weight excluding hydrogens is 363 g/mol. The quantitative estimate of drug-likeness (QED) is 0.623. The van der Waals surface area contributed by atoms with Crippen LogP contribution >= 0.6 is 34.2 Å². The fraction of sp³-hybridized carbons (Fsp3) is 0. The lowest BCUT2D eigenvalue weighted by molar-refractivity contribution is 0.102. The zero-order valence-electron chi connectivity index (χ0n) is 9.28.